The second kappa shape index (κ2) is 8.42. The van der Waals surface area contributed by atoms with Crippen molar-refractivity contribution in [2.24, 2.45) is 0 Å². The molecule has 0 saturated carbocycles. The zero-order valence-electron chi connectivity index (χ0n) is 16.4. The number of ether oxygens (including phenoxy) is 1. The van der Waals surface area contributed by atoms with Crippen molar-refractivity contribution in [3.63, 3.8) is 0 Å². The van der Waals surface area contributed by atoms with E-state index < -0.39 is 11.7 Å². The fourth-order valence-electron chi connectivity index (χ4n) is 2.86. The van der Waals surface area contributed by atoms with Gasteiger partial charge in [-0.2, -0.15) is 18.2 Å². The number of rotatable bonds is 6. The fraction of sp³-hybridized carbons (Fsp3) is 0.200. The Kier molecular flexibility index (Phi) is 5.68. The van der Waals surface area contributed by atoms with Crippen LogP contribution in [0, 0.1) is 0 Å². The fourth-order valence-corrected chi connectivity index (χ4v) is 3.73. The molecule has 1 atom stereocenters. The summed E-state index contributed by atoms with van der Waals surface area (Å²) >= 11 is 1.32. The van der Waals surface area contributed by atoms with Gasteiger partial charge in [0.05, 0.1) is 23.6 Å². The molecule has 0 aliphatic rings. The molecule has 0 aliphatic carbocycles. The van der Waals surface area contributed by atoms with Crippen molar-refractivity contribution < 1.29 is 22.4 Å². The minimum Gasteiger partial charge on any atom is -0.495 e. The molecule has 4 aromatic rings. The maximum Gasteiger partial charge on any atom is 0.416 e. The zero-order valence-corrected chi connectivity index (χ0v) is 17.2. The van der Waals surface area contributed by atoms with Crippen LogP contribution in [0.25, 0.3) is 17.1 Å². The van der Waals surface area contributed by atoms with Gasteiger partial charge in [-0.05, 0) is 31.2 Å². The van der Waals surface area contributed by atoms with Crippen LogP contribution in [0.3, 0.4) is 0 Å². The van der Waals surface area contributed by atoms with E-state index in [-0.39, 0.29) is 22.5 Å². The van der Waals surface area contributed by atoms with Crippen molar-refractivity contribution in [2.45, 2.75) is 23.5 Å². The van der Waals surface area contributed by atoms with E-state index in [0.29, 0.717) is 10.9 Å². The lowest BCUT2D eigenvalue weighted by molar-refractivity contribution is -0.137. The summed E-state index contributed by atoms with van der Waals surface area (Å²) in [5.41, 5.74) is 0.211. The van der Waals surface area contributed by atoms with Crippen molar-refractivity contribution in [3.05, 3.63) is 66.3 Å². The Hall–Kier alpha value is -3.34. The standard InChI is InChI=1S/C20H16F3N5O2S/c1-12(31-19-26-24-11-28(19)15-8-3-4-9-16(15)29-2)18-25-17(27-30-18)13-6-5-7-14(10-13)20(21,22)23/h3-12H,1-2H3/t12-/m0/s1. The molecule has 2 heterocycles. The molecule has 0 spiro atoms. The van der Waals surface area contributed by atoms with E-state index in [0.717, 1.165) is 17.8 Å². The third-order valence-electron chi connectivity index (χ3n) is 4.38. The number of halogens is 3. The average molecular weight is 447 g/mol. The van der Waals surface area contributed by atoms with Crippen LogP contribution in [-0.4, -0.2) is 32.0 Å². The van der Waals surface area contributed by atoms with Gasteiger partial charge < -0.3 is 9.26 Å². The summed E-state index contributed by atoms with van der Waals surface area (Å²) in [6.07, 6.45) is -2.89. The second-order valence-corrected chi connectivity index (χ2v) is 7.76. The average Bonchev–Trinajstić information content (AvgIpc) is 3.43. The number of para-hydroxylation sites is 2. The van der Waals surface area contributed by atoms with E-state index in [1.807, 2.05) is 31.2 Å². The van der Waals surface area contributed by atoms with Gasteiger partial charge in [0.1, 0.15) is 12.1 Å². The minimum atomic E-state index is -4.45. The molecule has 0 bridgehead atoms. The molecule has 2 aromatic carbocycles. The summed E-state index contributed by atoms with van der Waals surface area (Å²) in [6, 6.07) is 12.2. The smallest absolute Gasteiger partial charge is 0.416 e. The van der Waals surface area contributed by atoms with E-state index in [9.17, 15) is 13.2 Å². The number of nitrogens with zero attached hydrogens (tertiary/aromatic N) is 5. The van der Waals surface area contributed by atoms with Gasteiger partial charge in [-0.1, -0.05) is 41.2 Å². The third-order valence-corrected chi connectivity index (χ3v) is 5.43. The van der Waals surface area contributed by atoms with Gasteiger partial charge in [0.2, 0.25) is 11.7 Å². The maximum absolute atomic E-state index is 13.0. The van der Waals surface area contributed by atoms with Gasteiger partial charge in [-0.3, -0.25) is 4.57 Å². The molecule has 0 unspecified atom stereocenters. The van der Waals surface area contributed by atoms with Gasteiger partial charge in [0, 0.05) is 5.56 Å². The van der Waals surface area contributed by atoms with Gasteiger partial charge in [0.15, 0.2) is 5.16 Å². The number of hydrogen-bond donors (Lipinski definition) is 0. The number of alkyl halides is 3. The predicted molar refractivity (Wildman–Crippen MR) is 107 cm³/mol. The van der Waals surface area contributed by atoms with Crippen LogP contribution >= 0.6 is 11.8 Å². The first-order valence-electron chi connectivity index (χ1n) is 9.08. The monoisotopic (exact) mass is 447 g/mol. The van der Waals surface area contributed by atoms with Gasteiger partial charge in [0.25, 0.3) is 0 Å². The highest BCUT2D eigenvalue weighted by atomic mass is 32.2. The first kappa shape index (κ1) is 20.9. The van der Waals surface area contributed by atoms with Crippen molar-refractivity contribution in [2.75, 3.05) is 7.11 Å². The Morgan fingerprint density at radius 3 is 2.71 bits per heavy atom. The largest absolute Gasteiger partial charge is 0.495 e. The number of aromatic nitrogens is 5. The molecule has 31 heavy (non-hydrogen) atoms. The molecule has 0 radical (unpaired) electrons. The zero-order chi connectivity index (χ0) is 22.0. The summed E-state index contributed by atoms with van der Waals surface area (Å²) in [5.74, 6) is 0.994. The highest BCUT2D eigenvalue weighted by Gasteiger charge is 2.31. The Bertz CT molecular complexity index is 1190. The summed E-state index contributed by atoms with van der Waals surface area (Å²) < 4.78 is 51.4. The lowest BCUT2D eigenvalue weighted by Gasteiger charge is -2.11. The molecule has 4 rings (SSSR count). The molecule has 7 nitrogen and oxygen atoms in total. The first-order valence-corrected chi connectivity index (χ1v) is 9.96. The molecule has 160 valence electrons. The van der Waals surface area contributed by atoms with Crippen molar-refractivity contribution in [1.29, 1.82) is 0 Å². The van der Waals surface area contributed by atoms with Crippen LogP contribution < -0.4 is 4.74 Å². The van der Waals surface area contributed by atoms with Crippen LogP contribution in [0.15, 0.2) is 64.5 Å². The number of methoxy groups -OCH3 is 1. The summed E-state index contributed by atoms with van der Waals surface area (Å²) in [5, 5.41) is 12.2. The molecule has 0 aliphatic heterocycles. The highest BCUT2D eigenvalue weighted by Crippen LogP contribution is 2.36. The first-order chi connectivity index (χ1) is 14.9. The summed E-state index contributed by atoms with van der Waals surface area (Å²) in [7, 11) is 1.58. The molecule has 0 fully saturated rings. The molecule has 0 saturated heterocycles. The van der Waals surface area contributed by atoms with Crippen molar-refractivity contribution in [3.8, 4) is 22.8 Å². The number of thioether (sulfide) groups is 1. The normalized spacial score (nSPS) is 12.7. The third kappa shape index (κ3) is 4.41. The topological polar surface area (TPSA) is 78.9 Å². The summed E-state index contributed by atoms with van der Waals surface area (Å²) in [6.45, 7) is 1.83. The summed E-state index contributed by atoms with van der Waals surface area (Å²) in [4.78, 5) is 4.27. The second-order valence-electron chi connectivity index (χ2n) is 6.45. The van der Waals surface area contributed by atoms with E-state index in [2.05, 4.69) is 20.3 Å². The lowest BCUT2D eigenvalue weighted by atomic mass is 10.1. The van der Waals surface area contributed by atoms with E-state index in [1.54, 1.807) is 18.0 Å². The van der Waals surface area contributed by atoms with Gasteiger partial charge >= 0.3 is 6.18 Å². The maximum atomic E-state index is 13.0. The molecular formula is C20H16F3N5O2S. The number of hydrogen-bond acceptors (Lipinski definition) is 7. The van der Waals surface area contributed by atoms with Crippen molar-refractivity contribution >= 4 is 11.8 Å². The van der Waals surface area contributed by atoms with Gasteiger partial charge in [-0.25, -0.2) is 0 Å². The van der Waals surface area contributed by atoms with E-state index >= 15 is 0 Å². The minimum absolute atomic E-state index is 0.0831. The lowest BCUT2D eigenvalue weighted by Crippen LogP contribution is -2.04. The molecule has 0 N–H and O–H groups in total. The Morgan fingerprint density at radius 2 is 1.94 bits per heavy atom. The SMILES string of the molecule is COc1ccccc1-n1cnnc1S[C@@H](C)c1nc(-c2cccc(C(F)(F)F)c2)no1. The number of benzene rings is 2. The van der Waals surface area contributed by atoms with Crippen LogP contribution in [0.5, 0.6) is 5.75 Å². The van der Waals surface area contributed by atoms with E-state index in [4.69, 9.17) is 9.26 Å². The quantitative estimate of drug-likeness (QED) is 0.376. The van der Waals surface area contributed by atoms with E-state index in [1.165, 1.54) is 23.9 Å². The van der Waals surface area contributed by atoms with Gasteiger partial charge in [-0.15, -0.1) is 10.2 Å². The molecule has 0 amide bonds. The van der Waals surface area contributed by atoms with Crippen LogP contribution in [0.4, 0.5) is 13.2 Å². The van der Waals surface area contributed by atoms with Crippen LogP contribution in [0.1, 0.15) is 23.6 Å². The Morgan fingerprint density at radius 1 is 1.13 bits per heavy atom. The van der Waals surface area contributed by atoms with Crippen molar-refractivity contribution in [1.82, 2.24) is 24.9 Å². The Balaban J connectivity index is 1.56. The van der Waals surface area contributed by atoms with Crippen LogP contribution in [0.2, 0.25) is 0 Å². The molecule has 11 heteroatoms. The Labute approximate surface area is 179 Å². The molecule has 2 aromatic heterocycles. The highest BCUT2D eigenvalue weighted by molar-refractivity contribution is 7.99. The van der Waals surface area contributed by atoms with Crippen LogP contribution in [-0.2, 0) is 6.18 Å². The molecular weight excluding hydrogens is 431 g/mol. The predicted octanol–water partition coefficient (Wildman–Crippen LogP) is 5.20.